The van der Waals surface area contributed by atoms with Gasteiger partial charge in [-0.3, -0.25) is 0 Å². The van der Waals surface area contributed by atoms with E-state index in [-0.39, 0.29) is 0 Å². The van der Waals surface area contributed by atoms with Gasteiger partial charge < -0.3 is 0 Å². The summed E-state index contributed by atoms with van der Waals surface area (Å²) in [7, 11) is 0. The lowest BCUT2D eigenvalue weighted by Gasteiger charge is -2.04. The van der Waals surface area contributed by atoms with E-state index in [0.717, 1.165) is 0 Å². The number of benzene rings is 2. The molecule has 2 aromatic rings. The number of hydrogen-bond acceptors (Lipinski definition) is 0. The average molecular weight is 237 g/mol. The van der Waals surface area contributed by atoms with Crippen LogP contribution in [0.15, 0.2) is 54.6 Å². The third kappa shape index (κ3) is 3.73. The van der Waals surface area contributed by atoms with Gasteiger partial charge in [0.25, 0.3) is 0 Å². The summed E-state index contributed by atoms with van der Waals surface area (Å²) in [4.78, 5) is 0. The molecule has 0 fully saturated rings. The Morgan fingerprint density at radius 1 is 0.778 bits per heavy atom. The Hall–Kier alpha value is -1.56. The molecule has 0 heteroatoms. The quantitative estimate of drug-likeness (QED) is 0.583. The van der Waals surface area contributed by atoms with Gasteiger partial charge in [-0.2, -0.15) is 0 Å². The standard InChI is InChI=1S/C18H21/c1-2-3-4-6-9-16-12-14-18(15-13-16)17-10-7-5-8-11-17/h5,7-15H,2-4,6H2,1H3. The predicted molar refractivity (Wildman–Crippen MR) is 79.4 cm³/mol. The van der Waals surface area contributed by atoms with Gasteiger partial charge in [-0.15, -0.1) is 0 Å². The predicted octanol–water partition coefficient (Wildman–Crippen LogP) is 5.49. The molecule has 0 amide bonds. The smallest absolute Gasteiger partial charge is 0.00931 e. The van der Waals surface area contributed by atoms with Crippen molar-refractivity contribution in [3.8, 4) is 11.1 Å². The summed E-state index contributed by atoms with van der Waals surface area (Å²) in [6.07, 6.45) is 7.46. The van der Waals surface area contributed by atoms with E-state index >= 15 is 0 Å². The lowest BCUT2D eigenvalue weighted by atomic mass is 10.0. The van der Waals surface area contributed by atoms with Crippen LogP contribution in [0.2, 0.25) is 0 Å². The number of rotatable bonds is 6. The maximum atomic E-state index is 2.34. The van der Waals surface area contributed by atoms with Gasteiger partial charge in [0.2, 0.25) is 0 Å². The maximum Gasteiger partial charge on any atom is -0.00931 e. The highest BCUT2D eigenvalue weighted by atomic mass is 14.0. The SMILES string of the molecule is CCCCC[CH]c1ccc(-c2ccccc2)cc1. The second-order valence-corrected chi connectivity index (χ2v) is 4.69. The molecule has 0 aromatic heterocycles. The summed E-state index contributed by atoms with van der Waals surface area (Å²) in [5.41, 5.74) is 3.92. The molecule has 0 aliphatic rings. The molecule has 93 valence electrons. The molecule has 0 atom stereocenters. The Kier molecular flexibility index (Phi) is 5.01. The molecule has 0 heterocycles. The monoisotopic (exact) mass is 237 g/mol. The molecule has 0 aliphatic carbocycles. The minimum absolute atomic E-state index is 1.19. The van der Waals surface area contributed by atoms with Crippen molar-refractivity contribution in [1.82, 2.24) is 0 Å². The van der Waals surface area contributed by atoms with Crippen molar-refractivity contribution >= 4 is 0 Å². The molecule has 0 aliphatic heterocycles. The van der Waals surface area contributed by atoms with E-state index < -0.39 is 0 Å². The molecule has 1 radical (unpaired) electrons. The first-order valence-electron chi connectivity index (χ1n) is 6.89. The second-order valence-electron chi connectivity index (χ2n) is 4.69. The van der Waals surface area contributed by atoms with Gasteiger partial charge in [-0.25, -0.2) is 0 Å². The van der Waals surface area contributed by atoms with Crippen LogP contribution >= 0.6 is 0 Å². The fourth-order valence-corrected chi connectivity index (χ4v) is 2.11. The summed E-state index contributed by atoms with van der Waals surface area (Å²) in [5, 5.41) is 0. The maximum absolute atomic E-state index is 2.34. The first kappa shape index (κ1) is 12.9. The molecule has 0 unspecified atom stereocenters. The van der Waals surface area contributed by atoms with Gasteiger partial charge in [0.1, 0.15) is 0 Å². The number of unbranched alkanes of at least 4 members (excludes halogenated alkanes) is 3. The van der Waals surface area contributed by atoms with Crippen LogP contribution in [-0.2, 0) is 0 Å². The van der Waals surface area contributed by atoms with E-state index in [1.54, 1.807) is 0 Å². The van der Waals surface area contributed by atoms with Crippen molar-refractivity contribution in [2.24, 2.45) is 0 Å². The van der Waals surface area contributed by atoms with Gasteiger partial charge in [0.05, 0.1) is 0 Å². The minimum Gasteiger partial charge on any atom is -0.0654 e. The van der Waals surface area contributed by atoms with Gasteiger partial charge in [-0.1, -0.05) is 80.8 Å². The van der Waals surface area contributed by atoms with Crippen molar-refractivity contribution in [3.05, 3.63) is 66.6 Å². The Bertz CT molecular complexity index is 439. The Morgan fingerprint density at radius 2 is 1.44 bits per heavy atom. The van der Waals surface area contributed by atoms with Crippen LogP contribution in [0.25, 0.3) is 11.1 Å². The summed E-state index contributed by atoms with van der Waals surface area (Å²) in [6.45, 7) is 2.24. The first-order valence-corrected chi connectivity index (χ1v) is 6.89. The highest BCUT2D eigenvalue weighted by Gasteiger charge is 1.97. The van der Waals surface area contributed by atoms with Gasteiger partial charge in [-0.05, 0) is 29.5 Å². The van der Waals surface area contributed by atoms with Crippen molar-refractivity contribution in [3.63, 3.8) is 0 Å². The minimum atomic E-state index is 1.19. The lowest BCUT2D eigenvalue weighted by Crippen LogP contribution is -1.84. The molecule has 0 saturated carbocycles. The van der Waals surface area contributed by atoms with Gasteiger partial charge in [0.15, 0.2) is 0 Å². The Balaban J connectivity index is 1.94. The molecule has 0 saturated heterocycles. The van der Waals surface area contributed by atoms with E-state index in [1.807, 2.05) is 0 Å². The van der Waals surface area contributed by atoms with Crippen molar-refractivity contribution < 1.29 is 0 Å². The largest absolute Gasteiger partial charge is 0.0654 e. The summed E-state index contributed by atoms with van der Waals surface area (Å²) in [6, 6.07) is 19.4. The normalized spacial score (nSPS) is 10.5. The van der Waals surface area contributed by atoms with Gasteiger partial charge >= 0.3 is 0 Å². The third-order valence-electron chi connectivity index (χ3n) is 3.21. The van der Waals surface area contributed by atoms with Gasteiger partial charge in [0, 0.05) is 0 Å². The lowest BCUT2D eigenvalue weighted by molar-refractivity contribution is 0.715. The van der Waals surface area contributed by atoms with Crippen molar-refractivity contribution in [1.29, 1.82) is 0 Å². The topological polar surface area (TPSA) is 0 Å². The van der Waals surface area contributed by atoms with E-state index in [1.165, 1.54) is 42.4 Å². The van der Waals surface area contributed by atoms with Crippen molar-refractivity contribution in [2.45, 2.75) is 32.6 Å². The molecule has 0 spiro atoms. The fourth-order valence-electron chi connectivity index (χ4n) is 2.11. The highest BCUT2D eigenvalue weighted by Crippen LogP contribution is 2.20. The van der Waals surface area contributed by atoms with E-state index in [9.17, 15) is 0 Å². The summed E-state index contributed by atoms with van der Waals surface area (Å²) in [5.74, 6) is 0. The molecule has 2 aromatic carbocycles. The molecular weight excluding hydrogens is 216 g/mol. The molecule has 0 nitrogen and oxygen atoms in total. The van der Waals surface area contributed by atoms with Crippen LogP contribution in [-0.4, -0.2) is 0 Å². The Labute approximate surface area is 111 Å². The first-order chi connectivity index (χ1) is 8.90. The summed E-state index contributed by atoms with van der Waals surface area (Å²) >= 11 is 0. The zero-order valence-corrected chi connectivity index (χ0v) is 11.1. The molecule has 2 rings (SSSR count). The number of hydrogen-bond donors (Lipinski definition) is 0. The zero-order valence-electron chi connectivity index (χ0n) is 11.1. The fraction of sp³-hybridized carbons (Fsp3) is 0.278. The van der Waals surface area contributed by atoms with Crippen LogP contribution in [0, 0.1) is 6.42 Å². The molecule has 0 N–H and O–H groups in total. The van der Waals surface area contributed by atoms with Crippen LogP contribution in [0.3, 0.4) is 0 Å². The molecular formula is C18H21. The Morgan fingerprint density at radius 3 is 2.11 bits per heavy atom. The van der Waals surface area contributed by atoms with Crippen LogP contribution in [0.1, 0.15) is 38.2 Å². The van der Waals surface area contributed by atoms with E-state index in [2.05, 4.69) is 67.9 Å². The summed E-state index contributed by atoms with van der Waals surface area (Å²) < 4.78 is 0. The molecule has 0 bridgehead atoms. The third-order valence-corrected chi connectivity index (χ3v) is 3.21. The van der Waals surface area contributed by atoms with Crippen LogP contribution in [0.4, 0.5) is 0 Å². The highest BCUT2D eigenvalue weighted by molar-refractivity contribution is 5.63. The van der Waals surface area contributed by atoms with E-state index in [4.69, 9.17) is 0 Å². The molecule has 18 heavy (non-hydrogen) atoms. The van der Waals surface area contributed by atoms with Crippen LogP contribution in [0.5, 0.6) is 0 Å². The van der Waals surface area contributed by atoms with Crippen LogP contribution < -0.4 is 0 Å². The van der Waals surface area contributed by atoms with Crippen molar-refractivity contribution in [2.75, 3.05) is 0 Å². The zero-order chi connectivity index (χ0) is 12.6. The van der Waals surface area contributed by atoms with E-state index in [0.29, 0.717) is 0 Å². The second kappa shape index (κ2) is 7.00. The average Bonchev–Trinajstić information content (AvgIpc) is 2.45.